The number of benzene rings is 2. The minimum Gasteiger partial charge on any atom is -0.378 e. The molecule has 2 aromatic rings. The third kappa shape index (κ3) is 5.29. The Morgan fingerprint density at radius 3 is 2.62 bits per heavy atom. The van der Waals surface area contributed by atoms with Crippen LogP contribution in [0.3, 0.4) is 0 Å². The number of amides is 2. The molecule has 0 bridgehead atoms. The normalized spacial score (nSPS) is 20.0. The van der Waals surface area contributed by atoms with Crippen LogP contribution in [-0.2, 0) is 9.59 Å². The van der Waals surface area contributed by atoms with Gasteiger partial charge in [-0.3, -0.25) is 14.0 Å². The molecule has 2 N–H and O–H groups in total. The van der Waals surface area contributed by atoms with Crippen molar-refractivity contribution in [3.63, 3.8) is 0 Å². The number of nitrogens with one attached hydrogen (secondary N) is 1. The van der Waals surface area contributed by atoms with Crippen LogP contribution in [-0.4, -0.2) is 53.8 Å². The quantitative estimate of drug-likeness (QED) is 0.665. The summed E-state index contributed by atoms with van der Waals surface area (Å²) in [5.41, 5.74) is 0.426. The molecule has 1 aliphatic heterocycles. The maximum atomic E-state index is 14.3. The van der Waals surface area contributed by atoms with E-state index >= 15 is 0 Å². The number of hydrogen-bond acceptors (Lipinski definition) is 3. The van der Waals surface area contributed by atoms with Gasteiger partial charge in [0.1, 0.15) is 6.17 Å². The molecule has 29 heavy (non-hydrogen) atoms. The Hall–Kier alpha value is -2.54. The molecule has 0 aliphatic carbocycles. The number of rotatable bonds is 8. The smallest absolute Gasteiger partial charge is 0.253 e. The molecular weight excluding hydrogens is 378 g/mol. The first-order valence-corrected chi connectivity index (χ1v) is 9.94. The fourth-order valence-electron chi connectivity index (χ4n) is 3.60. The van der Waals surface area contributed by atoms with Crippen LogP contribution >= 0.6 is 0 Å². The van der Waals surface area contributed by atoms with Gasteiger partial charge in [-0.1, -0.05) is 42.8 Å². The van der Waals surface area contributed by atoms with E-state index in [-0.39, 0.29) is 25.4 Å². The van der Waals surface area contributed by atoms with Crippen molar-refractivity contribution in [2.24, 2.45) is 0 Å². The maximum absolute atomic E-state index is 14.3. The molecule has 1 aliphatic rings. The van der Waals surface area contributed by atoms with Gasteiger partial charge in [0.05, 0.1) is 19.3 Å². The summed E-state index contributed by atoms with van der Waals surface area (Å²) in [6.07, 6.45) is -0.965. The molecule has 0 spiro atoms. The van der Waals surface area contributed by atoms with Crippen molar-refractivity contribution in [2.75, 3.05) is 19.8 Å². The Bertz CT molecular complexity index is 861. The number of halogens is 2. The lowest BCUT2D eigenvalue weighted by Crippen LogP contribution is -2.44. The molecule has 1 fully saturated rings. The lowest BCUT2D eigenvalue weighted by Gasteiger charge is -2.19. The van der Waals surface area contributed by atoms with Crippen molar-refractivity contribution in [3.8, 4) is 0 Å². The summed E-state index contributed by atoms with van der Waals surface area (Å²) in [6, 6.07) is 11.9. The third-order valence-corrected chi connectivity index (χ3v) is 5.29. The van der Waals surface area contributed by atoms with Gasteiger partial charge in [-0.25, -0.2) is 4.39 Å². The predicted molar refractivity (Wildman–Crippen MR) is 107 cm³/mol. The number of aliphatic hydroxyl groups excluding tert-OH is 1. The largest absolute Gasteiger partial charge is 0.378 e. The van der Waals surface area contributed by atoms with E-state index < -0.39 is 30.9 Å². The molecule has 0 unspecified atom stereocenters. The van der Waals surface area contributed by atoms with E-state index in [1.165, 1.54) is 4.90 Å². The van der Waals surface area contributed by atoms with Crippen molar-refractivity contribution in [1.29, 1.82) is 0 Å². The van der Waals surface area contributed by atoms with Gasteiger partial charge < -0.3 is 15.3 Å². The monoisotopic (exact) mass is 404 g/mol. The van der Waals surface area contributed by atoms with Crippen molar-refractivity contribution >= 4 is 22.6 Å². The van der Waals surface area contributed by atoms with Crippen LogP contribution in [0.2, 0.25) is 0 Å². The molecular formula is C22H26F2N2O3. The van der Waals surface area contributed by atoms with E-state index in [1.807, 2.05) is 30.3 Å². The average molecular weight is 404 g/mol. The zero-order valence-electron chi connectivity index (χ0n) is 16.2. The molecule has 7 heteroatoms. The Balaban J connectivity index is 1.55. The van der Waals surface area contributed by atoms with Gasteiger partial charge in [-0.05, 0) is 35.2 Å². The molecule has 0 saturated carbocycles. The van der Waals surface area contributed by atoms with Gasteiger partial charge in [0, 0.05) is 13.0 Å². The third-order valence-electron chi connectivity index (χ3n) is 5.29. The fourth-order valence-corrected chi connectivity index (χ4v) is 3.60. The summed E-state index contributed by atoms with van der Waals surface area (Å²) < 4.78 is 26.4. The minimum absolute atomic E-state index is 0.0687. The van der Waals surface area contributed by atoms with E-state index in [1.54, 1.807) is 12.1 Å². The fraction of sp³-hybridized carbons (Fsp3) is 0.455. The summed E-state index contributed by atoms with van der Waals surface area (Å²) in [4.78, 5) is 26.0. The van der Waals surface area contributed by atoms with Crippen molar-refractivity contribution in [1.82, 2.24) is 10.2 Å². The number of alkyl halides is 2. The van der Waals surface area contributed by atoms with Crippen molar-refractivity contribution in [3.05, 3.63) is 48.0 Å². The van der Waals surface area contributed by atoms with Gasteiger partial charge in [0.2, 0.25) is 5.91 Å². The summed E-state index contributed by atoms with van der Waals surface area (Å²) in [6.45, 7) is -0.420. The highest BCUT2D eigenvalue weighted by Crippen LogP contribution is 2.22. The van der Waals surface area contributed by atoms with E-state index in [9.17, 15) is 23.5 Å². The molecule has 5 nitrogen and oxygen atoms in total. The van der Waals surface area contributed by atoms with Crippen molar-refractivity contribution in [2.45, 2.75) is 44.0 Å². The van der Waals surface area contributed by atoms with Crippen molar-refractivity contribution < 1.29 is 23.5 Å². The first kappa shape index (κ1) is 21.2. The Morgan fingerprint density at radius 2 is 1.86 bits per heavy atom. The van der Waals surface area contributed by atoms with E-state index in [0.717, 1.165) is 10.8 Å². The SMILES string of the molecule is O=C(N[C@@H]1CN(C(=O)CCCCCF)C[C@@H]1F)[C@H](O)c1ccc2ccccc2c1. The highest BCUT2D eigenvalue weighted by molar-refractivity contribution is 5.87. The van der Waals surface area contributed by atoms with Crippen LogP contribution in [0.25, 0.3) is 10.8 Å². The Morgan fingerprint density at radius 1 is 1.10 bits per heavy atom. The lowest BCUT2D eigenvalue weighted by atomic mass is 10.0. The van der Waals surface area contributed by atoms with Crippen LogP contribution < -0.4 is 5.32 Å². The number of nitrogens with zero attached hydrogens (tertiary/aromatic N) is 1. The first-order valence-electron chi connectivity index (χ1n) is 9.94. The summed E-state index contributed by atoms with van der Waals surface area (Å²) in [5.74, 6) is -0.886. The van der Waals surface area contributed by atoms with Gasteiger partial charge in [0.15, 0.2) is 6.10 Å². The van der Waals surface area contributed by atoms with Crippen LogP contribution in [0.4, 0.5) is 8.78 Å². The molecule has 1 heterocycles. The maximum Gasteiger partial charge on any atom is 0.253 e. The first-order chi connectivity index (χ1) is 14.0. The van der Waals surface area contributed by atoms with E-state index in [2.05, 4.69) is 5.32 Å². The lowest BCUT2D eigenvalue weighted by molar-refractivity contribution is -0.132. The summed E-state index contributed by atoms with van der Waals surface area (Å²) in [5, 5.41) is 14.8. The topological polar surface area (TPSA) is 69.6 Å². The van der Waals surface area contributed by atoms with Gasteiger partial charge in [0.25, 0.3) is 5.91 Å². The Labute approximate surface area is 168 Å². The number of carbonyl (C=O) groups is 2. The van der Waals surface area contributed by atoms with Gasteiger partial charge in [-0.15, -0.1) is 0 Å². The standard InChI is InChI=1S/C22H26F2N2O3/c23-11-5-1-2-8-20(27)26-13-18(24)19(14-26)25-22(29)21(28)17-10-9-15-6-3-4-7-16(15)12-17/h3-4,6-7,9-10,12,18-19,21,28H,1-2,5,8,11,13-14H2,(H,25,29)/t18-,19+,21+/m0/s1. The zero-order chi connectivity index (χ0) is 20.8. The number of unbranched alkanes of at least 4 members (excludes halogenated alkanes) is 2. The second-order valence-corrected chi connectivity index (χ2v) is 7.44. The minimum atomic E-state index is -1.42. The molecule has 0 aromatic heterocycles. The summed E-state index contributed by atoms with van der Waals surface area (Å²) >= 11 is 0. The number of carbonyl (C=O) groups excluding carboxylic acids is 2. The number of fused-ring (bicyclic) bond motifs is 1. The van der Waals surface area contributed by atoms with E-state index in [0.29, 0.717) is 24.8 Å². The van der Waals surface area contributed by atoms with Gasteiger partial charge in [-0.2, -0.15) is 0 Å². The number of likely N-dealkylation sites (tertiary alicyclic amines) is 1. The zero-order valence-corrected chi connectivity index (χ0v) is 16.2. The second kappa shape index (κ2) is 9.78. The molecule has 2 amide bonds. The molecule has 2 aromatic carbocycles. The van der Waals surface area contributed by atoms with Crippen LogP contribution in [0, 0.1) is 0 Å². The van der Waals surface area contributed by atoms with Crippen LogP contribution in [0.5, 0.6) is 0 Å². The average Bonchev–Trinajstić information content (AvgIpc) is 3.10. The summed E-state index contributed by atoms with van der Waals surface area (Å²) in [7, 11) is 0. The highest BCUT2D eigenvalue weighted by atomic mass is 19.1. The predicted octanol–water partition coefficient (Wildman–Crippen LogP) is 3.07. The second-order valence-electron chi connectivity index (χ2n) is 7.44. The van der Waals surface area contributed by atoms with Crippen LogP contribution in [0.1, 0.15) is 37.4 Å². The van der Waals surface area contributed by atoms with Crippen LogP contribution in [0.15, 0.2) is 42.5 Å². The van der Waals surface area contributed by atoms with Gasteiger partial charge >= 0.3 is 0 Å². The Kier molecular flexibility index (Phi) is 7.14. The molecule has 1 saturated heterocycles. The molecule has 0 radical (unpaired) electrons. The molecule has 3 atom stereocenters. The molecule has 3 rings (SSSR count). The highest BCUT2D eigenvalue weighted by Gasteiger charge is 2.37. The molecule has 156 valence electrons. The number of hydrogen-bond donors (Lipinski definition) is 2. The van der Waals surface area contributed by atoms with E-state index in [4.69, 9.17) is 0 Å². The number of aliphatic hydroxyl groups is 1.